The first kappa shape index (κ1) is 17.0. The van der Waals surface area contributed by atoms with E-state index in [-0.39, 0.29) is 12.3 Å². The molecular formula is C16H23NO4. The van der Waals surface area contributed by atoms with Crippen LogP contribution in [0.4, 0.5) is 0 Å². The number of carbonyl (C=O) groups is 2. The van der Waals surface area contributed by atoms with E-state index in [1.54, 1.807) is 19.1 Å². The summed E-state index contributed by atoms with van der Waals surface area (Å²) in [6.07, 6.45) is 1.61. The maximum atomic E-state index is 12.0. The molecule has 1 aromatic carbocycles. The monoisotopic (exact) mass is 293 g/mol. The summed E-state index contributed by atoms with van der Waals surface area (Å²) in [5.41, 5.74) is 2.09. The summed E-state index contributed by atoms with van der Waals surface area (Å²) in [6, 6.07) is 5.87. The standard InChI is InChI=1S/C16H23NO4/c1-12-8-9-14(21-3)13(10-12)11-17(2)15(18)6-4-5-7-16(19)20/h8-10H,4-7,11H2,1-3H3,(H,19,20). The molecule has 0 aliphatic carbocycles. The van der Waals surface area contributed by atoms with Crippen LogP contribution in [0.25, 0.3) is 0 Å². The Kier molecular flexibility index (Phi) is 6.72. The number of nitrogens with zero attached hydrogens (tertiary/aromatic N) is 1. The molecular weight excluding hydrogens is 270 g/mol. The molecule has 0 aliphatic rings. The van der Waals surface area contributed by atoms with E-state index in [1.165, 1.54) is 0 Å². The Morgan fingerprint density at radius 1 is 1.24 bits per heavy atom. The van der Waals surface area contributed by atoms with Crippen LogP contribution in [0.1, 0.15) is 36.8 Å². The molecule has 0 spiro atoms. The van der Waals surface area contributed by atoms with Crippen LogP contribution in [-0.2, 0) is 16.1 Å². The summed E-state index contributed by atoms with van der Waals surface area (Å²) in [4.78, 5) is 24.1. The van der Waals surface area contributed by atoms with Crippen LogP contribution in [0, 0.1) is 6.92 Å². The van der Waals surface area contributed by atoms with Gasteiger partial charge in [0.2, 0.25) is 5.91 Å². The second kappa shape index (κ2) is 8.29. The smallest absolute Gasteiger partial charge is 0.303 e. The predicted molar refractivity (Wildman–Crippen MR) is 80.3 cm³/mol. The van der Waals surface area contributed by atoms with Gasteiger partial charge in [-0.25, -0.2) is 0 Å². The number of rotatable bonds is 8. The first-order chi connectivity index (χ1) is 9.93. The summed E-state index contributed by atoms with van der Waals surface area (Å²) in [6.45, 7) is 2.49. The fraction of sp³-hybridized carbons (Fsp3) is 0.500. The van der Waals surface area contributed by atoms with Crippen LogP contribution in [-0.4, -0.2) is 36.0 Å². The molecule has 1 rings (SSSR count). The average molecular weight is 293 g/mol. The van der Waals surface area contributed by atoms with E-state index in [2.05, 4.69) is 0 Å². The Bertz CT molecular complexity index is 499. The van der Waals surface area contributed by atoms with Gasteiger partial charge in [0.25, 0.3) is 0 Å². The highest BCUT2D eigenvalue weighted by atomic mass is 16.5. The molecule has 21 heavy (non-hydrogen) atoms. The van der Waals surface area contributed by atoms with Gasteiger partial charge >= 0.3 is 5.97 Å². The number of unbranched alkanes of at least 4 members (excludes halogenated alkanes) is 1. The van der Waals surface area contributed by atoms with Crippen LogP contribution in [0.5, 0.6) is 5.75 Å². The van der Waals surface area contributed by atoms with Gasteiger partial charge in [0.05, 0.1) is 7.11 Å². The van der Waals surface area contributed by atoms with Gasteiger partial charge in [-0.3, -0.25) is 9.59 Å². The van der Waals surface area contributed by atoms with Crippen molar-refractivity contribution in [1.82, 2.24) is 4.90 Å². The minimum Gasteiger partial charge on any atom is -0.496 e. The molecule has 0 bridgehead atoms. The van der Waals surface area contributed by atoms with Crippen molar-refractivity contribution in [3.05, 3.63) is 29.3 Å². The second-order valence-electron chi connectivity index (χ2n) is 5.17. The van der Waals surface area contributed by atoms with Crippen LogP contribution in [0.15, 0.2) is 18.2 Å². The van der Waals surface area contributed by atoms with E-state index >= 15 is 0 Å². The van der Waals surface area contributed by atoms with Gasteiger partial charge in [0, 0.05) is 32.0 Å². The van der Waals surface area contributed by atoms with Crippen LogP contribution >= 0.6 is 0 Å². The van der Waals surface area contributed by atoms with Crippen LogP contribution in [0.2, 0.25) is 0 Å². The number of hydrogen-bond donors (Lipinski definition) is 1. The number of methoxy groups -OCH3 is 1. The SMILES string of the molecule is COc1ccc(C)cc1CN(C)C(=O)CCCCC(=O)O. The van der Waals surface area contributed by atoms with Crippen LogP contribution in [0.3, 0.4) is 0 Å². The maximum Gasteiger partial charge on any atom is 0.303 e. The van der Waals surface area contributed by atoms with Crippen molar-refractivity contribution < 1.29 is 19.4 Å². The third-order valence-corrected chi connectivity index (χ3v) is 3.30. The van der Waals surface area contributed by atoms with E-state index < -0.39 is 5.97 Å². The fourth-order valence-electron chi connectivity index (χ4n) is 2.12. The molecule has 1 N–H and O–H groups in total. The number of aliphatic carboxylic acids is 1. The highest BCUT2D eigenvalue weighted by Gasteiger charge is 2.12. The lowest BCUT2D eigenvalue weighted by Crippen LogP contribution is -2.26. The zero-order valence-corrected chi connectivity index (χ0v) is 12.9. The molecule has 1 amide bonds. The molecule has 116 valence electrons. The molecule has 5 nitrogen and oxygen atoms in total. The first-order valence-corrected chi connectivity index (χ1v) is 7.03. The fourth-order valence-corrected chi connectivity index (χ4v) is 2.12. The number of hydrogen-bond acceptors (Lipinski definition) is 3. The van der Waals surface area contributed by atoms with E-state index in [4.69, 9.17) is 9.84 Å². The summed E-state index contributed by atoms with van der Waals surface area (Å²) in [5, 5.41) is 8.56. The van der Waals surface area contributed by atoms with E-state index in [9.17, 15) is 9.59 Å². The van der Waals surface area contributed by atoms with Crippen molar-refractivity contribution in [3.8, 4) is 5.75 Å². The molecule has 0 atom stereocenters. The third-order valence-electron chi connectivity index (χ3n) is 3.30. The Morgan fingerprint density at radius 3 is 2.52 bits per heavy atom. The summed E-state index contributed by atoms with van der Waals surface area (Å²) in [5.74, 6) is -0.0321. The Labute approximate surface area is 125 Å². The lowest BCUT2D eigenvalue weighted by molar-refractivity contribution is -0.137. The Hall–Kier alpha value is -2.04. The lowest BCUT2D eigenvalue weighted by atomic mass is 10.1. The van der Waals surface area contributed by atoms with Gasteiger partial charge in [-0.05, 0) is 25.8 Å². The van der Waals surface area contributed by atoms with E-state index in [0.717, 1.165) is 16.9 Å². The van der Waals surface area contributed by atoms with Crippen molar-refractivity contribution in [2.24, 2.45) is 0 Å². The highest BCUT2D eigenvalue weighted by molar-refractivity contribution is 5.76. The number of ether oxygens (including phenoxy) is 1. The number of amides is 1. The average Bonchev–Trinajstić information content (AvgIpc) is 2.43. The minimum absolute atomic E-state index is 0.0175. The zero-order chi connectivity index (χ0) is 15.8. The predicted octanol–water partition coefficient (Wildman–Crippen LogP) is 2.61. The topological polar surface area (TPSA) is 66.8 Å². The molecule has 0 radical (unpaired) electrons. The number of benzene rings is 1. The van der Waals surface area contributed by atoms with Gasteiger partial charge < -0.3 is 14.7 Å². The Balaban J connectivity index is 2.52. The molecule has 1 aromatic rings. The third kappa shape index (κ3) is 5.85. The van der Waals surface area contributed by atoms with Gasteiger partial charge in [-0.15, -0.1) is 0 Å². The second-order valence-corrected chi connectivity index (χ2v) is 5.17. The highest BCUT2D eigenvalue weighted by Crippen LogP contribution is 2.21. The van der Waals surface area contributed by atoms with Crippen molar-refractivity contribution in [2.75, 3.05) is 14.2 Å². The maximum absolute atomic E-state index is 12.0. The first-order valence-electron chi connectivity index (χ1n) is 7.03. The molecule has 0 aliphatic heterocycles. The largest absolute Gasteiger partial charge is 0.496 e. The molecule has 5 heteroatoms. The molecule has 0 saturated heterocycles. The van der Waals surface area contributed by atoms with Gasteiger partial charge in [0.15, 0.2) is 0 Å². The lowest BCUT2D eigenvalue weighted by Gasteiger charge is -2.19. The molecule has 0 heterocycles. The van der Waals surface area contributed by atoms with Gasteiger partial charge in [0.1, 0.15) is 5.75 Å². The molecule has 0 fully saturated rings. The number of carboxylic acids is 1. The molecule has 0 aromatic heterocycles. The molecule has 0 saturated carbocycles. The van der Waals surface area contributed by atoms with Gasteiger partial charge in [-0.1, -0.05) is 17.7 Å². The summed E-state index contributed by atoms with van der Waals surface area (Å²) < 4.78 is 5.30. The zero-order valence-electron chi connectivity index (χ0n) is 12.9. The number of carbonyl (C=O) groups excluding carboxylic acids is 1. The quantitative estimate of drug-likeness (QED) is 0.748. The van der Waals surface area contributed by atoms with Crippen molar-refractivity contribution >= 4 is 11.9 Å². The van der Waals surface area contributed by atoms with Crippen molar-refractivity contribution in [2.45, 2.75) is 39.2 Å². The van der Waals surface area contributed by atoms with Crippen LogP contribution < -0.4 is 4.74 Å². The van der Waals surface area contributed by atoms with Crippen molar-refractivity contribution in [1.29, 1.82) is 0 Å². The normalized spacial score (nSPS) is 10.2. The van der Waals surface area contributed by atoms with Gasteiger partial charge in [-0.2, -0.15) is 0 Å². The summed E-state index contributed by atoms with van der Waals surface area (Å²) >= 11 is 0. The molecule has 0 unspecified atom stereocenters. The van der Waals surface area contributed by atoms with E-state index in [0.29, 0.717) is 25.8 Å². The van der Waals surface area contributed by atoms with Crippen molar-refractivity contribution in [3.63, 3.8) is 0 Å². The van der Waals surface area contributed by atoms with E-state index in [1.807, 2.05) is 25.1 Å². The number of aryl methyl sites for hydroxylation is 1. The summed E-state index contributed by atoms with van der Waals surface area (Å²) in [7, 11) is 3.36. The number of carboxylic acid groups (broad SMARTS) is 1. The minimum atomic E-state index is -0.819. The Morgan fingerprint density at radius 2 is 1.90 bits per heavy atom.